The quantitative estimate of drug-likeness (QED) is 0.614. The van der Waals surface area contributed by atoms with Crippen molar-refractivity contribution in [3.8, 4) is 17.1 Å². The van der Waals surface area contributed by atoms with Crippen LogP contribution in [0.1, 0.15) is 67.9 Å². The molecule has 0 aromatic carbocycles. The minimum atomic E-state index is 0.284. The van der Waals surface area contributed by atoms with Gasteiger partial charge >= 0.3 is 0 Å². The Bertz CT molecular complexity index is 1050. The molecular weight excluding hydrogens is 390 g/mol. The average molecular weight is 420 g/mol. The van der Waals surface area contributed by atoms with Crippen LogP contribution in [0.4, 0.5) is 5.95 Å². The van der Waals surface area contributed by atoms with E-state index in [1.165, 1.54) is 32.1 Å². The summed E-state index contributed by atoms with van der Waals surface area (Å²) >= 11 is 0. The van der Waals surface area contributed by atoms with E-state index in [0.29, 0.717) is 24.2 Å². The van der Waals surface area contributed by atoms with Gasteiger partial charge in [0.15, 0.2) is 11.6 Å². The second kappa shape index (κ2) is 8.61. The molecule has 3 aromatic heterocycles. The summed E-state index contributed by atoms with van der Waals surface area (Å²) in [5.41, 5.74) is 3.87. The number of rotatable bonds is 7. The number of aryl methyl sites for hydroxylation is 2. The molecule has 0 unspecified atom stereocenters. The highest BCUT2D eigenvalue weighted by molar-refractivity contribution is 5.58. The van der Waals surface area contributed by atoms with Gasteiger partial charge in [-0.1, -0.05) is 6.42 Å². The van der Waals surface area contributed by atoms with Crippen LogP contribution >= 0.6 is 0 Å². The molecule has 31 heavy (non-hydrogen) atoms. The molecule has 0 aliphatic heterocycles. The highest BCUT2D eigenvalue weighted by Crippen LogP contribution is 2.39. The SMILES string of the molecule is Cc1nc(-c2cnn(C)c2CNc2nccc(C3CC3)n2)ncc1OC1CCCCC1. The van der Waals surface area contributed by atoms with Crippen molar-refractivity contribution < 1.29 is 4.74 Å². The standard InChI is InChI=1S/C23H29N7O/c1-15-21(31-17-6-4-3-5-7-17)14-25-22(28-15)18-12-27-30(2)20(18)13-26-23-24-11-10-19(29-23)16-8-9-16/h10-12,14,16-17H,3-9,13H2,1-2H3,(H,24,26,29). The van der Waals surface area contributed by atoms with Gasteiger partial charge in [-0.2, -0.15) is 5.10 Å². The molecule has 3 heterocycles. The van der Waals surface area contributed by atoms with Gasteiger partial charge < -0.3 is 10.1 Å². The lowest BCUT2D eigenvalue weighted by atomic mass is 9.98. The van der Waals surface area contributed by atoms with Crippen LogP contribution in [-0.2, 0) is 13.6 Å². The van der Waals surface area contributed by atoms with Crippen LogP contribution in [0.3, 0.4) is 0 Å². The highest BCUT2D eigenvalue weighted by Gasteiger charge is 2.25. The average Bonchev–Trinajstić information content (AvgIpc) is 3.58. The first-order chi connectivity index (χ1) is 15.2. The lowest BCUT2D eigenvalue weighted by Crippen LogP contribution is -2.20. The second-order valence-electron chi connectivity index (χ2n) is 8.58. The summed E-state index contributed by atoms with van der Waals surface area (Å²) in [5, 5.41) is 7.77. The summed E-state index contributed by atoms with van der Waals surface area (Å²) in [6.07, 6.45) is 14.2. The van der Waals surface area contributed by atoms with Crippen molar-refractivity contribution in [1.82, 2.24) is 29.7 Å². The Kier molecular flexibility index (Phi) is 5.53. The lowest BCUT2D eigenvalue weighted by Gasteiger charge is -2.23. The van der Waals surface area contributed by atoms with Crippen LogP contribution < -0.4 is 10.1 Å². The maximum atomic E-state index is 6.18. The van der Waals surface area contributed by atoms with E-state index in [4.69, 9.17) is 9.72 Å². The van der Waals surface area contributed by atoms with Crippen LogP contribution in [-0.4, -0.2) is 35.8 Å². The number of hydrogen-bond donors (Lipinski definition) is 1. The van der Waals surface area contributed by atoms with Gasteiger partial charge in [0.25, 0.3) is 0 Å². The Labute approximate surface area is 182 Å². The number of nitrogens with one attached hydrogen (secondary N) is 1. The molecule has 0 saturated heterocycles. The van der Waals surface area contributed by atoms with Gasteiger partial charge in [-0.3, -0.25) is 4.68 Å². The summed E-state index contributed by atoms with van der Waals surface area (Å²) in [6.45, 7) is 2.53. The largest absolute Gasteiger partial charge is 0.487 e. The molecule has 0 amide bonds. The third-order valence-corrected chi connectivity index (χ3v) is 6.17. The van der Waals surface area contributed by atoms with Crippen molar-refractivity contribution in [3.63, 3.8) is 0 Å². The molecule has 0 atom stereocenters. The normalized spacial score (nSPS) is 17.0. The van der Waals surface area contributed by atoms with Crippen LogP contribution in [0.5, 0.6) is 5.75 Å². The third kappa shape index (κ3) is 4.52. The zero-order chi connectivity index (χ0) is 21.2. The number of hydrogen-bond acceptors (Lipinski definition) is 7. The van der Waals surface area contributed by atoms with Gasteiger partial charge in [0.1, 0.15) is 0 Å². The van der Waals surface area contributed by atoms with Crippen LogP contribution in [0.15, 0.2) is 24.7 Å². The van der Waals surface area contributed by atoms with Gasteiger partial charge in [0.2, 0.25) is 5.95 Å². The first kappa shape index (κ1) is 19.9. The Hall–Kier alpha value is -3.03. The number of ether oxygens (including phenoxy) is 1. The monoisotopic (exact) mass is 419 g/mol. The molecule has 2 saturated carbocycles. The van der Waals surface area contributed by atoms with E-state index in [-0.39, 0.29) is 6.10 Å². The first-order valence-electron chi connectivity index (χ1n) is 11.3. The summed E-state index contributed by atoms with van der Waals surface area (Å²) in [7, 11) is 1.93. The van der Waals surface area contributed by atoms with Crippen LogP contribution in [0.2, 0.25) is 0 Å². The topological polar surface area (TPSA) is 90.6 Å². The van der Waals surface area contributed by atoms with Gasteiger partial charge in [-0.25, -0.2) is 19.9 Å². The summed E-state index contributed by atoms with van der Waals surface area (Å²) in [5.74, 6) is 2.68. The van der Waals surface area contributed by atoms with Crippen molar-refractivity contribution in [3.05, 3.63) is 41.7 Å². The highest BCUT2D eigenvalue weighted by atomic mass is 16.5. The van der Waals surface area contributed by atoms with Gasteiger partial charge in [-0.05, 0) is 51.5 Å². The Morgan fingerprint density at radius 2 is 1.90 bits per heavy atom. The number of nitrogens with zero attached hydrogens (tertiary/aromatic N) is 6. The fourth-order valence-electron chi connectivity index (χ4n) is 4.15. The minimum absolute atomic E-state index is 0.284. The first-order valence-corrected chi connectivity index (χ1v) is 11.3. The lowest BCUT2D eigenvalue weighted by molar-refractivity contribution is 0.152. The molecule has 2 aliphatic rings. The zero-order valence-corrected chi connectivity index (χ0v) is 18.2. The Morgan fingerprint density at radius 1 is 1.06 bits per heavy atom. The van der Waals surface area contributed by atoms with E-state index in [1.54, 1.807) is 6.20 Å². The van der Waals surface area contributed by atoms with Crippen LogP contribution in [0, 0.1) is 6.92 Å². The minimum Gasteiger partial charge on any atom is -0.487 e. The van der Waals surface area contributed by atoms with Crippen molar-refractivity contribution >= 4 is 5.95 Å². The van der Waals surface area contributed by atoms with Crippen molar-refractivity contribution in [1.29, 1.82) is 0 Å². The van der Waals surface area contributed by atoms with Gasteiger partial charge in [0, 0.05) is 24.9 Å². The predicted molar refractivity (Wildman–Crippen MR) is 118 cm³/mol. The maximum Gasteiger partial charge on any atom is 0.223 e. The van der Waals surface area contributed by atoms with Gasteiger partial charge in [0.05, 0.1) is 42.0 Å². The molecule has 0 spiro atoms. The molecule has 5 rings (SSSR count). The van der Waals surface area contributed by atoms with E-state index in [1.807, 2.05) is 37.1 Å². The van der Waals surface area contributed by atoms with Gasteiger partial charge in [-0.15, -0.1) is 0 Å². The van der Waals surface area contributed by atoms with E-state index >= 15 is 0 Å². The van der Waals surface area contributed by atoms with E-state index in [9.17, 15) is 0 Å². The summed E-state index contributed by atoms with van der Waals surface area (Å²) < 4.78 is 8.02. The molecule has 0 radical (unpaired) electrons. The molecular formula is C23H29N7O. The predicted octanol–water partition coefficient (Wildman–Crippen LogP) is 4.18. The molecule has 3 aromatic rings. The van der Waals surface area contributed by atoms with Crippen molar-refractivity contribution in [2.75, 3.05) is 5.32 Å². The maximum absolute atomic E-state index is 6.18. The molecule has 0 bridgehead atoms. The molecule has 1 N–H and O–H groups in total. The fourth-order valence-corrected chi connectivity index (χ4v) is 4.15. The molecule has 2 aliphatic carbocycles. The molecule has 2 fully saturated rings. The second-order valence-corrected chi connectivity index (χ2v) is 8.58. The Morgan fingerprint density at radius 3 is 2.68 bits per heavy atom. The number of aromatic nitrogens is 6. The Balaban J connectivity index is 1.31. The van der Waals surface area contributed by atoms with Crippen LogP contribution in [0.25, 0.3) is 11.4 Å². The van der Waals surface area contributed by atoms with Crippen molar-refractivity contribution in [2.24, 2.45) is 7.05 Å². The summed E-state index contributed by atoms with van der Waals surface area (Å²) in [6, 6.07) is 2.01. The molecule has 162 valence electrons. The summed E-state index contributed by atoms with van der Waals surface area (Å²) in [4.78, 5) is 18.3. The smallest absolute Gasteiger partial charge is 0.223 e. The fraction of sp³-hybridized carbons (Fsp3) is 0.522. The number of anilines is 1. The van der Waals surface area contributed by atoms with E-state index < -0.39 is 0 Å². The molecule has 8 heteroatoms. The third-order valence-electron chi connectivity index (χ3n) is 6.17. The zero-order valence-electron chi connectivity index (χ0n) is 18.2. The molecule has 8 nitrogen and oxygen atoms in total. The van der Waals surface area contributed by atoms with E-state index in [0.717, 1.165) is 41.2 Å². The van der Waals surface area contributed by atoms with E-state index in [2.05, 4.69) is 25.4 Å². The van der Waals surface area contributed by atoms with Crippen molar-refractivity contribution in [2.45, 2.75) is 70.4 Å².